The Morgan fingerprint density at radius 3 is 2.58 bits per heavy atom. The summed E-state index contributed by atoms with van der Waals surface area (Å²) in [5, 5.41) is 0. The topological polar surface area (TPSA) is 29.0 Å². The zero-order valence-corrected chi connectivity index (χ0v) is 8.56. The summed E-state index contributed by atoms with van der Waals surface area (Å²) in [5.41, 5.74) is 0.852. The fraction of sp³-hybridized carbons (Fsp3) is 0.429. The highest BCUT2D eigenvalue weighted by molar-refractivity contribution is 6.16. The first kappa shape index (κ1) is 11.5. The molecular formula is C7H11Cl2N3. The quantitative estimate of drug-likeness (QED) is 0.692. The van der Waals surface area contributed by atoms with Crippen LogP contribution in [0.25, 0.3) is 0 Å². The molecule has 0 atom stereocenters. The van der Waals surface area contributed by atoms with Crippen LogP contribution in [0.5, 0.6) is 0 Å². The van der Waals surface area contributed by atoms with Crippen molar-refractivity contribution in [3.05, 3.63) is 18.1 Å². The Kier molecular flexibility index (Phi) is 4.93. The highest BCUT2D eigenvalue weighted by Crippen LogP contribution is 2.08. The van der Waals surface area contributed by atoms with Gasteiger partial charge in [-0.2, -0.15) is 0 Å². The predicted molar refractivity (Wildman–Crippen MR) is 53.2 cm³/mol. The van der Waals surface area contributed by atoms with Crippen molar-refractivity contribution in [1.82, 2.24) is 9.97 Å². The normalized spacial score (nSPS) is 8.92. The van der Waals surface area contributed by atoms with Crippen molar-refractivity contribution in [3.63, 3.8) is 0 Å². The van der Waals surface area contributed by atoms with E-state index < -0.39 is 0 Å². The van der Waals surface area contributed by atoms with E-state index in [1.54, 1.807) is 0 Å². The third-order valence-corrected chi connectivity index (χ3v) is 1.58. The van der Waals surface area contributed by atoms with Crippen molar-refractivity contribution in [3.8, 4) is 0 Å². The largest absolute Gasteiger partial charge is 0.363 e. The maximum Gasteiger partial charge on any atom is 0.131 e. The monoisotopic (exact) mass is 207 g/mol. The zero-order chi connectivity index (χ0) is 8.27. The summed E-state index contributed by atoms with van der Waals surface area (Å²) in [4.78, 5) is 9.93. The van der Waals surface area contributed by atoms with Gasteiger partial charge < -0.3 is 4.90 Å². The molecule has 0 unspecified atom stereocenters. The second kappa shape index (κ2) is 5.17. The van der Waals surface area contributed by atoms with Crippen molar-refractivity contribution in [1.29, 1.82) is 0 Å². The molecule has 1 aromatic rings. The van der Waals surface area contributed by atoms with Crippen LogP contribution in [0.15, 0.2) is 12.4 Å². The fourth-order valence-corrected chi connectivity index (χ4v) is 0.850. The van der Waals surface area contributed by atoms with Crippen LogP contribution in [0.2, 0.25) is 0 Å². The Morgan fingerprint density at radius 2 is 2.08 bits per heavy atom. The molecule has 0 N–H and O–H groups in total. The summed E-state index contributed by atoms with van der Waals surface area (Å²) in [7, 11) is 3.86. The molecule has 0 aromatic carbocycles. The van der Waals surface area contributed by atoms with Crippen molar-refractivity contribution in [2.45, 2.75) is 5.88 Å². The average Bonchev–Trinajstić information content (AvgIpc) is 2.05. The molecule has 0 amide bonds. The molecule has 0 saturated heterocycles. The van der Waals surface area contributed by atoms with Crippen LogP contribution in [0, 0.1) is 0 Å². The summed E-state index contributed by atoms with van der Waals surface area (Å²) in [6.07, 6.45) is 1.52. The number of anilines is 1. The van der Waals surface area contributed by atoms with E-state index in [0.29, 0.717) is 5.88 Å². The van der Waals surface area contributed by atoms with E-state index in [-0.39, 0.29) is 12.4 Å². The Labute approximate surface area is 83.2 Å². The number of aromatic nitrogens is 2. The summed E-state index contributed by atoms with van der Waals surface area (Å²) < 4.78 is 0. The summed E-state index contributed by atoms with van der Waals surface area (Å²) in [5.74, 6) is 1.32. The molecule has 0 radical (unpaired) electrons. The van der Waals surface area contributed by atoms with E-state index >= 15 is 0 Å². The third kappa shape index (κ3) is 2.83. The number of hydrogen-bond donors (Lipinski definition) is 0. The van der Waals surface area contributed by atoms with Crippen LogP contribution in [-0.4, -0.2) is 24.1 Å². The van der Waals surface area contributed by atoms with E-state index in [0.717, 1.165) is 11.5 Å². The molecule has 0 fully saturated rings. The van der Waals surface area contributed by atoms with Gasteiger partial charge in [0.25, 0.3) is 0 Å². The van der Waals surface area contributed by atoms with E-state index in [9.17, 15) is 0 Å². The molecule has 12 heavy (non-hydrogen) atoms. The average molecular weight is 208 g/mol. The molecule has 5 heteroatoms. The minimum absolute atomic E-state index is 0. The van der Waals surface area contributed by atoms with Gasteiger partial charge in [0.05, 0.1) is 11.6 Å². The highest BCUT2D eigenvalue weighted by Gasteiger charge is 1.97. The third-order valence-electron chi connectivity index (χ3n) is 1.30. The Hall–Kier alpha value is -0.540. The van der Waals surface area contributed by atoms with Gasteiger partial charge in [-0.1, -0.05) is 0 Å². The van der Waals surface area contributed by atoms with Gasteiger partial charge >= 0.3 is 0 Å². The fourth-order valence-electron chi connectivity index (χ4n) is 0.703. The molecule has 1 heterocycles. The van der Waals surface area contributed by atoms with Gasteiger partial charge in [0.15, 0.2) is 0 Å². The molecule has 1 rings (SSSR count). The van der Waals surface area contributed by atoms with E-state index in [1.807, 2.05) is 25.1 Å². The molecule has 0 aliphatic carbocycles. The zero-order valence-electron chi connectivity index (χ0n) is 6.99. The minimum Gasteiger partial charge on any atom is -0.363 e. The second-order valence-corrected chi connectivity index (χ2v) is 2.66. The summed E-state index contributed by atoms with van der Waals surface area (Å²) in [6.45, 7) is 0. The van der Waals surface area contributed by atoms with Gasteiger partial charge in [-0.25, -0.2) is 9.97 Å². The summed E-state index contributed by atoms with van der Waals surface area (Å²) in [6, 6.07) is 1.87. The Balaban J connectivity index is 0.00000121. The Bertz CT molecular complexity index is 240. The van der Waals surface area contributed by atoms with Gasteiger partial charge in [0.1, 0.15) is 12.1 Å². The van der Waals surface area contributed by atoms with Crippen LogP contribution < -0.4 is 4.90 Å². The number of alkyl halides is 1. The number of halogens is 2. The van der Waals surface area contributed by atoms with Crippen LogP contribution in [0.3, 0.4) is 0 Å². The first-order chi connectivity index (χ1) is 5.24. The molecule has 0 aliphatic rings. The lowest BCUT2D eigenvalue weighted by atomic mass is 10.4. The lowest BCUT2D eigenvalue weighted by molar-refractivity contribution is 1.01. The van der Waals surface area contributed by atoms with Crippen LogP contribution in [-0.2, 0) is 5.88 Å². The van der Waals surface area contributed by atoms with Gasteiger partial charge in [0.2, 0.25) is 0 Å². The van der Waals surface area contributed by atoms with Crippen LogP contribution in [0.4, 0.5) is 5.82 Å². The van der Waals surface area contributed by atoms with Crippen LogP contribution in [0.1, 0.15) is 5.69 Å². The number of rotatable bonds is 2. The highest BCUT2D eigenvalue weighted by atomic mass is 35.5. The molecule has 0 aliphatic heterocycles. The Morgan fingerprint density at radius 1 is 1.42 bits per heavy atom. The van der Waals surface area contributed by atoms with Crippen LogP contribution >= 0.6 is 24.0 Å². The molecule has 3 nitrogen and oxygen atoms in total. The van der Waals surface area contributed by atoms with E-state index in [1.165, 1.54) is 6.33 Å². The van der Waals surface area contributed by atoms with Crippen molar-refractivity contribution >= 4 is 29.8 Å². The maximum absolute atomic E-state index is 5.59. The maximum atomic E-state index is 5.59. The standard InChI is InChI=1S/C7H10ClN3.ClH/c1-11(2)7-3-6(4-8)9-5-10-7;/h3,5H,4H2,1-2H3;1H. The van der Waals surface area contributed by atoms with Crippen molar-refractivity contribution in [2.75, 3.05) is 19.0 Å². The lowest BCUT2D eigenvalue weighted by Gasteiger charge is -2.10. The molecule has 0 saturated carbocycles. The van der Waals surface area contributed by atoms with Crippen molar-refractivity contribution < 1.29 is 0 Å². The SMILES string of the molecule is CN(C)c1cc(CCl)ncn1.Cl. The van der Waals surface area contributed by atoms with Gasteiger partial charge in [0, 0.05) is 20.2 Å². The molecular weight excluding hydrogens is 197 g/mol. The number of nitrogens with zero attached hydrogens (tertiary/aromatic N) is 3. The number of hydrogen-bond acceptors (Lipinski definition) is 3. The van der Waals surface area contributed by atoms with Gasteiger partial charge in [-0.05, 0) is 0 Å². The second-order valence-electron chi connectivity index (χ2n) is 2.40. The first-order valence-corrected chi connectivity index (χ1v) is 3.81. The van der Waals surface area contributed by atoms with Gasteiger partial charge in [-0.3, -0.25) is 0 Å². The van der Waals surface area contributed by atoms with E-state index in [4.69, 9.17) is 11.6 Å². The van der Waals surface area contributed by atoms with Gasteiger partial charge in [-0.15, -0.1) is 24.0 Å². The smallest absolute Gasteiger partial charge is 0.131 e. The minimum atomic E-state index is 0. The van der Waals surface area contributed by atoms with E-state index in [2.05, 4.69) is 9.97 Å². The molecule has 1 aromatic heterocycles. The first-order valence-electron chi connectivity index (χ1n) is 3.28. The molecule has 68 valence electrons. The molecule has 0 bridgehead atoms. The lowest BCUT2D eigenvalue weighted by Crippen LogP contribution is -2.11. The summed E-state index contributed by atoms with van der Waals surface area (Å²) >= 11 is 5.59. The predicted octanol–water partition coefficient (Wildman–Crippen LogP) is 1.70. The van der Waals surface area contributed by atoms with Crippen molar-refractivity contribution in [2.24, 2.45) is 0 Å². The molecule has 0 spiro atoms.